The molecule has 0 spiro atoms. The SMILES string of the molecule is Cc1nc(C2CCN(C(=O)[C@@H]3COc4ccccc4O3)CC2)cc(=O)[nH]1. The maximum atomic E-state index is 12.8. The fourth-order valence-electron chi connectivity index (χ4n) is 3.55. The number of ether oxygens (including phenoxy) is 2. The summed E-state index contributed by atoms with van der Waals surface area (Å²) < 4.78 is 11.5. The Balaban J connectivity index is 1.39. The number of hydrogen-bond donors (Lipinski definition) is 1. The summed E-state index contributed by atoms with van der Waals surface area (Å²) >= 11 is 0. The van der Waals surface area contributed by atoms with Crippen LogP contribution in [0.5, 0.6) is 11.5 Å². The number of amides is 1. The summed E-state index contributed by atoms with van der Waals surface area (Å²) in [5.41, 5.74) is 0.682. The van der Waals surface area contributed by atoms with Crippen molar-refractivity contribution in [3.63, 3.8) is 0 Å². The van der Waals surface area contributed by atoms with Gasteiger partial charge in [-0.05, 0) is 31.9 Å². The molecule has 7 heteroatoms. The van der Waals surface area contributed by atoms with Crippen LogP contribution in [0.15, 0.2) is 35.1 Å². The summed E-state index contributed by atoms with van der Waals surface area (Å²) in [6.07, 6.45) is 0.957. The van der Waals surface area contributed by atoms with Gasteiger partial charge in [0.1, 0.15) is 12.4 Å². The van der Waals surface area contributed by atoms with E-state index in [2.05, 4.69) is 9.97 Å². The standard InChI is InChI=1S/C19H21N3O4/c1-12-20-14(10-18(23)21-12)13-6-8-22(9-7-13)19(24)17-11-25-15-4-2-3-5-16(15)26-17/h2-5,10,13,17H,6-9,11H2,1H3,(H,20,21,23)/t17-/m0/s1. The van der Waals surface area contributed by atoms with E-state index in [-0.39, 0.29) is 24.0 Å². The summed E-state index contributed by atoms with van der Waals surface area (Å²) in [4.78, 5) is 33.3. The number of H-pyrrole nitrogens is 1. The van der Waals surface area contributed by atoms with E-state index in [9.17, 15) is 9.59 Å². The number of aryl methyl sites for hydroxylation is 1. The van der Waals surface area contributed by atoms with Gasteiger partial charge in [0.25, 0.3) is 11.5 Å². The summed E-state index contributed by atoms with van der Waals surface area (Å²) in [7, 11) is 0. The first-order chi connectivity index (χ1) is 12.6. The van der Waals surface area contributed by atoms with E-state index < -0.39 is 6.10 Å². The molecule has 2 aromatic rings. The number of nitrogens with one attached hydrogen (secondary N) is 1. The van der Waals surface area contributed by atoms with Gasteiger partial charge in [-0.1, -0.05) is 12.1 Å². The zero-order valence-corrected chi connectivity index (χ0v) is 14.6. The molecule has 0 radical (unpaired) electrons. The molecule has 1 N–H and O–H groups in total. The van der Waals surface area contributed by atoms with Crippen molar-refractivity contribution in [3.8, 4) is 11.5 Å². The van der Waals surface area contributed by atoms with Crippen molar-refractivity contribution in [2.75, 3.05) is 19.7 Å². The molecule has 0 aliphatic carbocycles. The summed E-state index contributed by atoms with van der Waals surface area (Å²) in [6.45, 7) is 3.25. The van der Waals surface area contributed by atoms with Crippen molar-refractivity contribution in [1.29, 1.82) is 0 Å². The number of nitrogens with zero attached hydrogens (tertiary/aromatic N) is 2. The Kier molecular flexibility index (Phi) is 4.36. The predicted octanol–water partition coefficient (Wildman–Crippen LogP) is 1.62. The highest BCUT2D eigenvalue weighted by atomic mass is 16.6. The fraction of sp³-hybridized carbons (Fsp3) is 0.421. The number of carbonyl (C=O) groups is 1. The molecule has 2 aliphatic heterocycles. The van der Waals surface area contributed by atoms with Crippen molar-refractivity contribution in [2.45, 2.75) is 31.8 Å². The van der Waals surface area contributed by atoms with E-state index in [0.717, 1.165) is 18.5 Å². The molecule has 1 saturated heterocycles. The number of likely N-dealkylation sites (tertiary alicyclic amines) is 1. The second kappa shape index (κ2) is 6.82. The van der Waals surface area contributed by atoms with Crippen LogP contribution in [0, 0.1) is 6.92 Å². The second-order valence-corrected chi connectivity index (χ2v) is 6.72. The normalized spacial score (nSPS) is 20.0. The molecule has 7 nitrogen and oxygen atoms in total. The number of carbonyl (C=O) groups excluding carboxylic acids is 1. The molecule has 3 heterocycles. The highest BCUT2D eigenvalue weighted by Gasteiger charge is 2.33. The Morgan fingerprint density at radius 2 is 1.96 bits per heavy atom. The van der Waals surface area contributed by atoms with E-state index in [4.69, 9.17) is 9.47 Å². The van der Waals surface area contributed by atoms with E-state index in [1.807, 2.05) is 29.2 Å². The molecular weight excluding hydrogens is 334 g/mol. The average molecular weight is 355 g/mol. The molecule has 1 aromatic heterocycles. The Morgan fingerprint density at radius 3 is 2.69 bits per heavy atom. The molecule has 4 rings (SSSR count). The predicted molar refractivity (Wildman–Crippen MR) is 94.5 cm³/mol. The van der Waals surface area contributed by atoms with Gasteiger partial charge in [0, 0.05) is 25.1 Å². The Hall–Kier alpha value is -2.83. The van der Waals surface area contributed by atoms with Gasteiger partial charge in [-0.25, -0.2) is 4.98 Å². The monoisotopic (exact) mass is 355 g/mol. The highest BCUT2D eigenvalue weighted by molar-refractivity contribution is 5.82. The topological polar surface area (TPSA) is 84.5 Å². The van der Waals surface area contributed by atoms with Crippen LogP contribution in [-0.4, -0.2) is 46.6 Å². The van der Waals surface area contributed by atoms with E-state index in [1.165, 1.54) is 0 Å². The van der Waals surface area contributed by atoms with Crippen LogP contribution in [0.2, 0.25) is 0 Å². The van der Waals surface area contributed by atoms with Crippen LogP contribution in [-0.2, 0) is 4.79 Å². The number of aromatic nitrogens is 2. The Morgan fingerprint density at radius 1 is 1.23 bits per heavy atom. The lowest BCUT2D eigenvalue weighted by molar-refractivity contribution is -0.142. The number of rotatable bonds is 2. The smallest absolute Gasteiger partial charge is 0.267 e. The van der Waals surface area contributed by atoms with Crippen LogP contribution >= 0.6 is 0 Å². The van der Waals surface area contributed by atoms with E-state index in [0.29, 0.717) is 30.4 Å². The van der Waals surface area contributed by atoms with E-state index >= 15 is 0 Å². The van der Waals surface area contributed by atoms with Crippen LogP contribution < -0.4 is 15.0 Å². The number of para-hydroxylation sites is 2. The third-order valence-electron chi connectivity index (χ3n) is 4.89. The molecule has 26 heavy (non-hydrogen) atoms. The Bertz CT molecular complexity index is 871. The van der Waals surface area contributed by atoms with Crippen molar-refractivity contribution in [3.05, 3.63) is 52.2 Å². The number of hydrogen-bond acceptors (Lipinski definition) is 5. The molecule has 1 fully saturated rings. The third-order valence-corrected chi connectivity index (χ3v) is 4.89. The number of piperidine rings is 1. The summed E-state index contributed by atoms with van der Waals surface area (Å²) in [5, 5.41) is 0. The summed E-state index contributed by atoms with van der Waals surface area (Å²) in [5.74, 6) is 2.05. The lowest BCUT2D eigenvalue weighted by Crippen LogP contribution is -2.48. The minimum Gasteiger partial charge on any atom is -0.485 e. The maximum absolute atomic E-state index is 12.8. The van der Waals surface area contributed by atoms with Gasteiger partial charge in [-0.15, -0.1) is 0 Å². The molecular formula is C19H21N3O4. The maximum Gasteiger partial charge on any atom is 0.267 e. The van der Waals surface area contributed by atoms with Gasteiger partial charge in [0.2, 0.25) is 6.10 Å². The number of aromatic amines is 1. The van der Waals surface area contributed by atoms with Gasteiger partial charge in [0.05, 0.1) is 5.69 Å². The van der Waals surface area contributed by atoms with Gasteiger partial charge in [-0.3, -0.25) is 9.59 Å². The molecule has 0 unspecified atom stereocenters. The Labute approximate surface area is 151 Å². The van der Waals surface area contributed by atoms with Crippen molar-refractivity contribution < 1.29 is 14.3 Å². The van der Waals surface area contributed by atoms with Crippen molar-refractivity contribution >= 4 is 5.91 Å². The zero-order valence-electron chi connectivity index (χ0n) is 14.6. The number of fused-ring (bicyclic) bond motifs is 1. The van der Waals surface area contributed by atoms with Gasteiger partial charge in [0.15, 0.2) is 11.5 Å². The van der Waals surface area contributed by atoms with Crippen molar-refractivity contribution in [1.82, 2.24) is 14.9 Å². The number of benzene rings is 1. The minimum atomic E-state index is -0.610. The van der Waals surface area contributed by atoms with Crippen LogP contribution in [0.4, 0.5) is 0 Å². The molecule has 1 aromatic carbocycles. The fourth-order valence-corrected chi connectivity index (χ4v) is 3.55. The zero-order chi connectivity index (χ0) is 18.1. The van der Waals surface area contributed by atoms with Gasteiger partial charge >= 0.3 is 0 Å². The summed E-state index contributed by atoms with van der Waals surface area (Å²) in [6, 6.07) is 8.93. The molecule has 0 bridgehead atoms. The van der Waals surface area contributed by atoms with Crippen LogP contribution in [0.3, 0.4) is 0 Å². The largest absolute Gasteiger partial charge is 0.485 e. The quantitative estimate of drug-likeness (QED) is 0.885. The average Bonchev–Trinajstić information content (AvgIpc) is 2.66. The third kappa shape index (κ3) is 3.29. The van der Waals surface area contributed by atoms with Gasteiger partial charge < -0.3 is 19.4 Å². The minimum absolute atomic E-state index is 0.0481. The van der Waals surface area contributed by atoms with Crippen LogP contribution in [0.25, 0.3) is 0 Å². The first-order valence-corrected chi connectivity index (χ1v) is 8.85. The van der Waals surface area contributed by atoms with Crippen LogP contribution in [0.1, 0.15) is 30.3 Å². The molecule has 1 atom stereocenters. The first kappa shape index (κ1) is 16.6. The molecule has 136 valence electrons. The van der Waals surface area contributed by atoms with Gasteiger partial charge in [-0.2, -0.15) is 0 Å². The highest BCUT2D eigenvalue weighted by Crippen LogP contribution is 2.32. The molecule has 2 aliphatic rings. The first-order valence-electron chi connectivity index (χ1n) is 8.85. The molecule has 0 saturated carbocycles. The van der Waals surface area contributed by atoms with Crippen molar-refractivity contribution in [2.24, 2.45) is 0 Å². The lowest BCUT2D eigenvalue weighted by Gasteiger charge is -2.35. The lowest BCUT2D eigenvalue weighted by atomic mass is 9.93. The van der Waals surface area contributed by atoms with E-state index in [1.54, 1.807) is 13.0 Å². The second-order valence-electron chi connectivity index (χ2n) is 6.72. The molecule has 1 amide bonds.